The number of rotatable bonds is 6. The number of amides is 1. The fourth-order valence-electron chi connectivity index (χ4n) is 2.78. The number of hydrogen-bond donors (Lipinski definition) is 1. The van der Waals surface area contributed by atoms with Crippen molar-refractivity contribution in [2.45, 2.75) is 44.8 Å². The standard InChI is InChI=1S/C19H23N3OS/c1-12-4-6-15(7-5-12)18(16-8-9-16)22-17(23)11-24-19-20-13(2)10-14(3)21-19/h4-7,10,16,18H,8-9,11H2,1-3H3,(H,22,23). The minimum atomic E-state index is 0.0419. The number of hydrogen-bond acceptors (Lipinski definition) is 4. The lowest BCUT2D eigenvalue weighted by Gasteiger charge is -2.19. The first-order valence-corrected chi connectivity index (χ1v) is 9.31. The van der Waals surface area contributed by atoms with Crippen molar-refractivity contribution in [3.63, 3.8) is 0 Å². The molecule has 5 heteroatoms. The smallest absolute Gasteiger partial charge is 0.230 e. The van der Waals surface area contributed by atoms with Crippen molar-refractivity contribution >= 4 is 17.7 Å². The molecule has 3 rings (SSSR count). The molecule has 0 spiro atoms. The largest absolute Gasteiger partial charge is 0.348 e. The van der Waals surface area contributed by atoms with Crippen LogP contribution in [0.3, 0.4) is 0 Å². The van der Waals surface area contributed by atoms with Crippen LogP contribution in [0.5, 0.6) is 0 Å². The molecular weight excluding hydrogens is 318 g/mol. The second-order valence-corrected chi connectivity index (χ2v) is 7.46. The van der Waals surface area contributed by atoms with Crippen molar-refractivity contribution in [3.05, 3.63) is 52.8 Å². The fraction of sp³-hybridized carbons (Fsp3) is 0.421. The quantitative estimate of drug-likeness (QED) is 0.642. The number of carbonyl (C=O) groups is 1. The molecule has 0 radical (unpaired) electrons. The SMILES string of the molecule is Cc1ccc(C(NC(=O)CSc2nc(C)cc(C)n2)C2CC2)cc1. The zero-order valence-electron chi connectivity index (χ0n) is 14.4. The summed E-state index contributed by atoms with van der Waals surface area (Å²) < 4.78 is 0. The van der Waals surface area contributed by atoms with E-state index in [0.29, 0.717) is 16.8 Å². The van der Waals surface area contributed by atoms with Gasteiger partial charge in [-0.05, 0) is 51.2 Å². The van der Waals surface area contributed by atoms with Crippen LogP contribution in [0.15, 0.2) is 35.5 Å². The molecule has 1 fully saturated rings. The summed E-state index contributed by atoms with van der Waals surface area (Å²) in [6.45, 7) is 5.97. The zero-order valence-corrected chi connectivity index (χ0v) is 15.2. The predicted octanol–water partition coefficient (Wildman–Crippen LogP) is 3.76. The average Bonchev–Trinajstić information content (AvgIpc) is 3.35. The first-order chi connectivity index (χ1) is 11.5. The molecule has 24 heavy (non-hydrogen) atoms. The maximum absolute atomic E-state index is 12.4. The van der Waals surface area contributed by atoms with Crippen LogP contribution in [0.1, 0.15) is 41.4 Å². The lowest BCUT2D eigenvalue weighted by atomic mass is 10.0. The topological polar surface area (TPSA) is 54.9 Å². The second-order valence-electron chi connectivity index (χ2n) is 6.52. The van der Waals surface area contributed by atoms with Crippen LogP contribution in [0.4, 0.5) is 0 Å². The Hall–Kier alpha value is -1.88. The third-order valence-corrected chi connectivity index (χ3v) is 4.99. The lowest BCUT2D eigenvalue weighted by molar-refractivity contribution is -0.119. The summed E-state index contributed by atoms with van der Waals surface area (Å²) in [4.78, 5) is 21.1. The van der Waals surface area contributed by atoms with Gasteiger partial charge in [-0.25, -0.2) is 9.97 Å². The highest BCUT2D eigenvalue weighted by Gasteiger charge is 2.33. The van der Waals surface area contributed by atoms with Gasteiger partial charge < -0.3 is 5.32 Å². The zero-order chi connectivity index (χ0) is 17.1. The van der Waals surface area contributed by atoms with Gasteiger partial charge in [0.1, 0.15) is 0 Å². The second kappa shape index (κ2) is 7.34. The molecule has 126 valence electrons. The summed E-state index contributed by atoms with van der Waals surface area (Å²) in [7, 11) is 0. The Bertz CT molecular complexity index is 706. The van der Waals surface area contributed by atoms with Gasteiger partial charge in [0, 0.05) is 11.4 Å². The van der Waals surface area contributed by atoms with Crippen LogP contribution >= 0.6 is 11.8 Å². The van der Waals surface area contributed by atoms with Gasteiger partial charge in [-0.2, -0.15) is 0 Å². The van der Waals surface area contributed by atoms with Crippen molar-refractivity contribution < 1.29 is 4.79 Å². The highest BCUT2D eigenvalue weighted by Crippen LogP contribution is 2.41. The van der Waals surface area contributed by atoms with E-state index in [1.807, 2.05) is 19.9 Å². The van der Waals surface area contributed by atoms with E-state index in [2.05, 4.69) is 46.5 Å². The summed E-state index contributed by atoms with van der Waals surface area (Å²) in [6, 6.07) is 10.5. The van der Waals surface area contributed by atoms with Crippen LogP contribution < -0.4 is 5.32 Å². The molecule has 1 amide bonds. The summed E-state index contributed by atoms with van der Waals surface area (Å²) in [5.41, 5.74) is 4.30. The number of benzene rings is 1. The third-order valence-electron chi connectivity index (χ3n) is 4.14. The average molecular weight is 341 g/mol. The Balaban J connectivity index is 1.60. The lowest BCUT2D eigenvalue weighted by Crippen LogP contribution is -2.31. The molecule has 0 saturated heterocycles. The minimum Gasteiger partial charge on any atom is -0.348 e. The van der Waals surface area contributed by atoms with Gasteiger partial charge in [0.25, 0.3) is 0 Å². The van der Waals surface area contributed by atoms with Crippen molar-refractivity contribution in [3.8, 4) is 0 Å². The molecular formula is C19H23N3OS. The summed E-state index contributed by atoms with van der Waals surface area (Å²) in [5.74, 6) is 0.956. The molecule has 1 unspecified atom stereocenters. The number of aryl methyl sites for hydroxylation is 3. The summed E-state index contributed by atoms with van der Waals surface area (Å²) >= 11 is 1.39. The van der Waals surface area contributed by atoms with E-state index in [0.717, 1.165) is 11.4 Å². The minimum absolute atomic E-state index is 0.0419. The first kappa shape index (κ1) is 17.0. The molecule has 4 nitrogen and oxygen atoms in total. The van der Waals surface area contributed by atoms with E-state index in [-0.39, 0.29) is 11.9 Å². The third kappa shape index (κ3) is 4.57. The van der Waals surface area contributed by atoms with Gasteiger partial charge in [-0.3, -0.25) is 4.79 Å². The molecule has 1 aliphatic carbocycles. The first-order valence-electron chi connectivity index (χ1n) is 8.32. The number of nitrogens with one attached hydrogen (secondary N) is 1. The van der Waals surface area contributed by atoms with Gasteiger partial charge >= 0.3 is 0 Å². The van der Waals surface area contributed by atoms with Crippen LogP contribution in [0.2, 0.25) is 0 Å². The monoisotopic (exact) mass is 341 g/mol. The number of aromatic nitrogens is 2. The van der Waals surface area contributed by atoms with E-state index < -0.39 is 0 Å². The number of thioether (sulfide) groups is 1. The Morgan fingerprint density at radius 2 is 1.79 bits per heavy atom. The highest BCUT2D eigenvalue weighted by atomic mass is 32.2. The van der Waals surface area contributed by atoms with Crippen molar-refractivity contribution in [1.82, 2.24) is 15.3 Å². The van der Waals surface area contributed by atoms with Crippen LogP contribution in [0.25, 0.3) is 0 Å². The maximum Gasteiger partial charge on any atom is 0.230 e. The van der Waals surface area contributed by atoms with Gasteiger partial charge in [-0.15, -0.1) is 0 Å². The van der Waals surface area contributed by atoms with E-state index in [1.54, 1.807) is 0 Å². The van der Waals surface area contributed by atoms with E-state index >= 15 is 0 Å². The molecule has 1 saturated carbocycles. The van der Waals surface area contributed by atoms with Gasteiger partial charge in [0.15, 0.2) is 5.16 Å². The van der Waals surface area contributed by atoms with Gasteiger partial charge in [0.2, 0.25) is 5.91 Å². The van der Waals surface area contributed by atoms with E-state index in [9.17, 15) is 4.79 Å². The fourth-order valence-corrected chi connectivity index (χ4v) is 3.54. The van der Waals surface area contributed by atoms with Crippen molar-refractivity contribution in [2.24, 2.45) is 5.92 Å². The van der Waals surface area contributed by atoms with Crippen LogP contribution in [-0.2, 0) is 4.79 Å². The molecule has 1 aromatic heterocycles. The van der Waals surface area contributed by atoms with Gasteiger partial charge in [0.05, 0.1) is 11.8 Å². The van der Waals surface area contributed by atoms with Gasteiger partial charge in [-0.1, -0.05) is 41.6 Å². The number of nitrogens with zero attached hydrogens (tertiary/aromatic N) is 2. The molecule has 1 aromatic carbocycles. The number of carbonyl (C=O) groups excluding carboxylic acids is 1. The molecule has 0 aliphatic heterocycles. The van der Waals surface area contributed by atoms with Crippen molar-refractivity contribution in [1.29, 1.82) is 0 Å². The molecule has 1 aliphatic rings. The van der Waals surface area contributed by atoms with E-state index in [1.165, 1.54) is 35.7 Å². The normalized spacial score (nSPS) is 15.1. The Morgan fingerprint density at radius 1 is 1.17 bits per heavy atom. The molecule has 2 aromatic rings. The molecule has 0 bridgehead atoms. The molecule has 1 heterocycles. The van der Waals surface area contributed by atoms with Crippen molar-refractivity contribution in [2.75, 3.05) is 5.75 Å². The molecule has 1 atom stereocenters. The Labute approximate surface area is 147 Å². The van der Waals surface area contributed by atoms with Crippen LogP contribution in [0, 0.1) is 26.7 Å². The van der Waals surface area contributed by atoms with Crippen LogP contribution in [-0.4, -0.2) is 21.6 Å². The highest BCUT2D eigenvalue weighted by molar-refractivity contribution is 7.99. The summed E-state index contributed by atoms with van der Waals surface area (Å²) in [5, 5.41) is 3.87. The summed E-state index contributed by atoms with van der Waals surface area (Å²) in [6.07, 6.45) is 2.37. The molecule has 1 N–H and O–H groups in total. The predicted molar refractivity (Wildman–Crippen MR) is 97.0 cm³/mol. The van der Waals surface area contributed by atoms with E-state index in [4.69, 9.17) is 0 Å². The Morgan fingerprint density at radius 3 is 2.38 bits per heavy atom. The maximum atomic E-state index is 12.4. The Kier molecular flexibility index (Phi) is 5.19.